The fourth-order valence-electron chi connectivity index (χ4n) is 2.89. The van der Waals surface area contributed by atoms with Gasteiger partial charge in [0.1, 0.15) is 11.2 Å². The summed E-state index contributed by atoms with van der Waals surface area (Å²) < 4.78 is 34.5. The third-order valence-corrected chi connectivity index (χ3v) is 4.28. The molecule has 0 saturated carbocycles. The zero-order chi connectivity index (χ0) is 19.4. The molecule has 1 atom stereocenters. The van der Waals surface area contributed by atoms with Gasteiger partial charge < -0.3 is 19.6 Å². The highest BCUT2D eigenvalue weighted by atomic mass is 19.3. The number of para-hydroxylation sites is 2. The number of aromatic nitrogens is 2. The zero-order valence-corrected chi connectivity index (χ0v) is 14.4. The lowest BCUT2D eigenvalue weighted by atomic mass is 9.83. The summed E-state index contributed by atoms with van der Waals surface area (Å²) in [5.41, 5.74) is 0.706. The van der Waals surface area contributed by atoms with Crippen molar-refractivity contribution in [1.29, 1.82) is 5.26 Å². The van der Waals surface area contributed by atoms with Crippen molar-refractivity contribution in [1.82, 2.24) is 9.97 Å². The van der Waals surface area contributed by atoms with Gasteiger partial charge >= 0.3 is 6.61 Å². The topological polar surface area (TPSA) is 91.2 Å². The van der Waals surface area contributed by atoms with Crippen molar-refractivity contribution in [2.45, 2.75) is 18.4 Å². The van der Waals surface area contributed by atoms with Crippen molar-refractivity contribution in [2.24, 2.45) is 0 Å². The highest BCUT2D eigenvalue weighted by molar-refractivity contribution is 5.75. The van der Waals surface area contributed by atoms with Crippen molar-refractivity contribution in [3.05, 3.63) is 53.9 Å². The maximum atomic E-state index is 12.5. The van der Waals surface area contributed by atoms with Gasteiger partial charge in [0.2, 0.25) is 0 Å². The van der Waals surface area contributed by atoms with E-state index in [0.29, 0.717) is 16.9 Å². The number of nitrogens with zero attached hydrogens (tertiary/aromatic N) is 2. The second kappa shape index (κ2) is 7.60. The van der Waals surface area contributed by atoms with E-state index in [1.165, 1.54) is 19.2 Å². The molecule has 8 heteroatoms. The standard InChI is InChI=1S/C19H17F2N3O3/c1-26-16-8-12(6-7-15(16)27-18(20)21)9-19(10-22,11-25)17-23-13-4-2-3-5-14(13)24-17/h2-8,18,25H,9,11H2,1H3,(H,23,24)/t19-/m0/s1. The predicted octanol–water partition coefficient (Wildman–Crippen LogP) is 3.17. The normalized spacial score (nSPS) is 13.3. The van der Waals surface area contributed by atoms with E-state index in [1.807, 2.05) is 18.2 Å². The number of aliphatic hydroxyl groups is 1. The van der Waals surface area contributed by atoms with Gasteiger partial charge in [-0.05, 0) is 29.8 Å². The molecule has 0 radical (unpaired) electrons. The molecule has 140 valence electrons. The molecule has 3 rings (SSSR count). The Bertz CT molecular complexity index is 951. The summed E-state index contributed by atoms with van der Waals surface area (Å²) in [5.74, 6) is 0.342. The van der Waals surface area contributed by atoms with Gasteiger partial charge in [0, 0.05) is 6.42 Å². The quantitative estimate of drug-likeness (QED) is 0.664. The third-order valence-electron chi connectivity index (χ3n) is 4.28. The fraction of sp³-hybridized carbons (Fsp3) is 0.263. The molecular weight excluding hydrogens is 356 g/mol. The number of alkyl halides is 2. The lowest BCUT2D eigenvalue weighted by Crippen LogP contribution is -2.33. The Morgan fingerprint density at radius 3 is 2.67 bits per heavy atom. The van der Waals surface area contributed by atoms with Crippen molar-refractivity contribution >= 4 is 11.0 Å². The summed E-state index contributed by atoms with van der Waals surface area (Å²) in [4.78, 5) is 7.51. The van der Waals surface area contributed by atoms with Crippen LogP contribution >= 0.6 is 0 Å². The first-order chi connectivity index (χ1) is 13.0. The number of hydrogen-bond acceptors (Lipinski definition) is 5. The maximum Gasteiger partial charge on any atom is 0.387 e. The smallest absolute Gasteiger partial charge is 0.387 e. The molecule has 0 saturated heterocycles. The number of fused-ring (bicyclic) bond motifs is 1. The van der Waals surface area contributed by atoms with E-state index in [1.54, 1.807) is 12.1 Å². The molecule has 6 nitrogen and oxygen atoms in total. The van der Waals surface area contributed by atoms with Crippen LogP contribution in [0.2, 0.25) is 0 Å². The largest absolute Gasteiger partial charge is 0.493 e. The Morgan fingerprint density at radius 2 is 2.04 bits per heavy atom. The molecule has 0 aliphatic carbocycles. The van der Waals surface area contributed by atoms with Crippen LogP contribution in [0.25, 0.3) is 11.0 Å². The lowest BCUT2D eigenvalue weighted by Gasteiger charge is -2.22. The molecule has 27 heavy (non-hydrogen) atoms. The molecule has 0 fully saturated rings. The maximum absolute atomic E-state index is 12.5. The first kappa shape index (κ1) is 18.6. The molecule has 0 bridgehead atoms. The van der Waals surface area contributed by atoms with E-state index in [0.717, 1.165) is 5.52 Å². The molecule has 2 N–H and O–H groups in total. The predicted molar refractivity (Wildman–Crippen MR) is 93.8 cm³/mol. The van der Waals surface area contributed by atoms with E-state index < -0.39 is 18.6 Å². The van der Waals surface area contributed by atoms with Gasteiger partial charge in [0.15, 0.2) is 11.5 Å². The van der Waals surface area contributed by atoms with Gasteiger partial charge in [-0.3, -0.25) is 0 Å². The van der Waals surface area contributed by atoms with E-state index in [4.69, 9.17) is 4.74 Å². The highest BCUT2D eigenvalue weighted by Gasteiger charge is 2.36. The number of nitriles is 1. The molecule has 0 unspecified atom stereocenters. The minimum absolute atomic E-state index is 0.102. The molecule has 0 aliphatic heterocycles. The van der Waals surface area contributed by atoms with Gasteiger partial charge in [-0.1, -0.05) is 18.2 Å². The van der Waals surface area contributed by atoms with Crippen LogP contribution < -0.4 is 9.47 Å². The molecule has 0 aliphatic rings. The first-order valence-corrected chi connectivity index (χ1v) is 8.10. The van der Waals surface area contributed by atoms with Crippen molar-refractivity contribution in [3.63, 3.8) is 0 Å². The molecule has 2 aromatic carbocycles. The Kier molecular flexibility index (Phi) is 5.23. The highest BCUT2D eigenvalue weighted by Crippen LogP contribution is 2.33. The van der Waals surface area contributed by atoms with Crippen LogP contribution in [0.3, 0.4) is 0 Å². The fourth-order valence-corrected chi connectivity index (χ4v) is 2.89. The number of H-pyrrole nitrogens is 1. The minimum atomic E-state index is -2.98. The number of benzene rings is 2. The summed E-state index contributed by atoms with van der Waals surface area (Å²) in [7, 11) is 1.33. The van der Waals surface area contributed by atoms with Gasteiger partial charge in [-0.15, -0.1) is 0 Å². The first-order valence-electron chi connectivity index (χ1n) is 8.10. The van der Waals surface area contributed by atoms with Crippen LogP contribution in [0.5, 0.6) is 11.5 Å². The second-order valence-corrected chi connectivity index (χ2v) is 6.00. The number of ether oxygens (including phenoxy) is 2. The van der Waals surface area contributed by atoms with Gasteiger partial charge in [-0.25, -0.2) is 4.98 Å². The van der Waals surface area contributed by atoms with Gasteiger partial charge in [-0.2, -0.15) is 14.0 Å². The number of aromatic amines is 1. The number of imidazole rings is 1. The Morgan fingerprint density at radius 1 is 1.26 bits per heavy atom. The van der Waals surface area contributed by atoms with Crippen molar-refractivity contribution in [3.8, 4) is 17.6 Å². The van der Waals surface area contributed by atoms with Crippen LogP contribution in [-0.4, -0.2) is 35.4 Å². The summed E-state index contributed by atoms with van der Waals surface area (Å²) in [6, 6.07) is 13.8. The lowest BCUT2D eigenvalue weighted by molar-refractivity contribution is -0.0512. The number of aliphatic hydroxyl groups excluding tert-OH is 1. The van der Waals surface area contributed by atoms with E-state index in [9.17, 15) is 19.1 Å². The summed E-state index contributed by atoms with van der Waals surface area (Å²) in [6.45, 7) is -3.45. The van der Waals surface area contributed by atoms with Gasteiger partial charge in [0.25, 0.3) is 0 Å². The molecule has 1 aromatic heterocycles. The monoisotopic (exact) mass is 373 g/mol. The van der Waals surface area contributed by atoms with E-state index in [2.05, 4.69) is 20.8 Å². The third kappa shape index (κ3) is 3.68. The van der Waals surface area contributed by atoms with Crippen molar-refractivity contribution in [2.75, 3.05) is 13.7 Å². The Balaban J connectivity index is 1.97. The molecule has 1 heterocycles. The number of rotatable bonds is 7. The SMILES string of the molecule is COc1cc(C[C@](C#N)(CO)c2nc3ccccc3[nH]2)ccc1OC(F)F. The Hall–Kier alpha value is -3.18. The molecular formula is C19H17F2N3O3. The van der Waals surface area contributed by atoms with Gasteiger partial charge in [0.05, 0.1) is 30.8 Å². The molecule has 0 amide bonds. The summed E-state index contributed by atoms with van der Waals surface area (Å²) >= 11 is 0. The Labute approximate surface area is 154 Å². The number of methoxy groups -OCH3 is 1. The molecule has 3 aromatic rings. The van der Waals surface area contributed by atoms with Crippen LogP contribution in [0.1, 0.15) is 11.4 Å². The van der Waals surface area contributed by atoms with Crippen molar-refractivity contribution < 1.29 is 23.4 Å². The van der Waals surface area contributed by atoms with Crippen LogP contribution in [0.15, 0.2) is 42.5 Å². The summed E-state index contributed by atoms with van der Waals surface area (Å²) in [5, 5.41) is 19.8. The zero-order valence-electron chi connectivity index (χ0n) is 14.4. The average molecular weight is 373 g/mol. The van der Waals surface area contributed by atoms with Crippen LogP contribution in [-0.2, 0) is 11.8 Å². The minimum Gasteiger partial charge on any atom is -0.493 e. The number of halogens is 2. The summed E-state index contributed by atoms with van der Waals surface area (Å²) in [6.07, 6.45) is 0.102. The molecule has 0 spiro atoms. The number of nitrogens with one attached hydrogen (secondary N) is 1. The second-order valence-electron chi connectivity index (χ2n) is 6.00. The van der Waals surface area contributed by atoms with E-state index >= 15 is 0 Å². The van der Waals surface area contributed by atoms with Crippen LogP contribution in [0, 0.1) is 11.3 Å². The van der Waals surface area contributed by atoms with E-state index in [-0.39, 0.29) is 17.9 Å². The number of hydrogen-bond donors (Lipinski definition) is 2. The average Bonchev–Trinajstić information content (AvgIpc) is 3.11. The van der Waals surface area contributed by atoms with Crippen LogP contribution in [0.4, 0.5) is 8.78 Å².